The highest BCUT2D eigenvalue weighted by atomic mass is 16.5. The van der Waals surface area contributed by atoms with Crippen molar-refractivity contribution >= 4 is 17.6 Å². The van der Waals surface area contributed by atoms with Crippen LogP contribution in [0, 0.1) is 6.92 Å². The molecule has 0 unspecified atom stereocenters. The predicted octanol–water partition coefficient (Wildman–Crippen LogP) is 3.13. The Balaban J connectivity index is 1.58. The van der Waals surface area contributed by atoms with E-state index in [0.29, 0.717) is 30.2 Å². The Bertz CT molecular complexity index is 1180. The molecule has 1 aliphatic heterocycles. The minimum absolute atomic E-state index is 0.0828. The van der Waals surface area contributed by atoms with Crippen LogP contribution in [-0.4, -0.2) is 65.4 Å². The number of ether oxygens (including phenoxy) is 1. The molecule has 1 fully saturated rings. The number of aryl methyl sites for hydroxylation is 1. The predicted molar refractivity (Wildman–Crippen MR) is 125 cm³/mol. The monoisotopic (exact) mass is 446 g/mol. The Hall–Kier alpha value is -3.85. The number of urea groups is 1. The maximum atomic E-state index is 12.7. The van der Waals surface area contributed by atoms with E-state index in [9.17, 15) is 9.59 Å². The summed E-state index contributed by atoms with van der Waals surface area (Å²) in [7, 11) is 3.23. The number of benzene rings is 1. The van der Waals surface area contributed by atoms with E-state index in [0.717, 1.165) is 28.7 Å². The zero-order valence-corrected chi connectivity index (χ0v) is 18.8. The van der Waals surface area contributed by atoms with Crippen molar-refractivity contribution in [1.29, 1.82) is 0 Å². The molecular formula is C24H26N6O3. The lowest BCUT2D eigenvalue weighted by Gasteiger charge is -2.18. The summed E-state index contributed by atoms with van der Waals surface area (Å²) in [4.78, 5) is 30.5. The lowest BCUT2D eigenvalue weighted by molar-refractivity contribution is 0.0958. The van der Waals surface area contributed by atoms with Crippen molar-refractivity contribution < 1.29 is 14.3 Å². The summed E-state index contributed by atoms with van der Waals surface area (Å²) in [6.07, 6.45) is 4.16. The average Bonchev–Trinajstić information content (AvgIpc) is 3.34. The van der Waals surface area contributed by atoms with Gasteiger partial charge in [-0.05, 0) is 54.8 Å². The Labute approximate surface area is 192 Å². The van der Waals surface area contributed by atoms with Crippen LogP contribution in [0.15, 0.2) is 48.8 Å². The molecule has 2 N–H and O–H groups in total. The quantitative estimate of drug-likeness (QED) is 0.623. The molecule has 3 heterocycles. The number of aromatic nitrogens is 3. The molecule has 4 rings (SSSR count). The first-order chi connectivity index (χ1) is 16.0. The third kappa shape index (κ3) is 4.98. The van der Waals surface area contributed by atoms with Gasteiger partial charge in [-0.25, -0.2) is 4.79 Å². The molecule has 0 radical (unpaired) electrons. The lowest BCUT2D eigenvalue weighted by Crippen LogP contribution is -2.33. The number of carbonyl (C=O) groups excluding carboxylic acids is 2. The number of likely N-dealkylation sites (tertiary alicyclic amines) is 1. The van der Waals surface area contributed by atoms with Crippen LogP contribution >= 0.6 is 0 Å². The minimum atomic E-state index is -0.256. The van der Waals surface area contributed by atoms with Crippen LogP contribution in [0.4, 0.5) is 10.5 Å². The molecule has 9 nitrogen and oxygen atoms in total. The van der Waals surface area contributed by atoms with Gasteiger partial charge >= 0.3 is 6.03 Å². The molecular weight excluding hydrogens is 420 g/mol. The molecule has 2 aromatic heterocycles. The largest absolute Gasteiger partial charge is 0.380 e. The van der Waals surface area contributed by atoms with Gasteiger partial charge in [0.25, 0.3) is 5.91 Å². The van der Waals surface area contributed by atoms with Crippen LogP contribution in [0.25, 0.3) is 22.4 Å². The normalized spacial score (nSPS) is 15.4. The second-order valence-corrected chi connectivity index (χ2v) is 7.89. The Kier molecular flexibility index (Phi) is 6.60. The van der Waals surface area contributed by atoms with E-state index < -0.39 is 0 Å². The van der Waals surface area contributed by atoms with E-state index in [1.807, 2.05) is 37.3 Å². The van der Waals surface area contributed by atoms with Gasteiger partial charge in [-0.2, -0.15) is 10.2 Å². The second-order valence-electron chi connectivity index (χ2n) is 7.89. The maximum Gasteiger partial charge on any atom is 0.321 e. The summed E-state index contributed by atoms with van der Waals surface area (Å²) in [6, 6.07) is 11.0. The van der Waals surface area contributed by atoms with Gasteiger partial charge in [-0.15, -0.1) is 0 Å². The van der Waals surface area contributed by atoms with Crippen LogP contribution in [0.5, 0.6) is 0 Å². The van der Waals surface area contributed by atoms with Gasteiger partial charge in [-0.1, -0.05) is 6.07 Å². The molecule has 170 valence electrons. The highest BCUT2D eigenvalue weighted by Gasteiger charge is 2.26. The summed E-state index contributed by atoms with van der Waals surface area (Å²) < 4.78 is 5.35. The molecule has 33 heavy (non-hydrogen) atoms. The number of carbonyl (C=O) groups is 2. The number of rotatable bonds is 5. The third-order valence-corrected chi connectivity index (χ3v) is 5.74. The van der Waals surface area contributed by atoms with Crippen molar-refractivity contribution in [2.24, 2.45) is 0 Å². The standard InChI is InChI=1S/C24H26N6O3/c1-15-4-5-18(28-24(32)30-9-7-19(14-30)33-3)12-20(15)21-11-17(13-27-29-21)16-6-8-26-22(10-16)23(31)25-2/h4-6,8,10-13,19H,7,9,14H2,1-3H3,(H,25,31)(H,28,32)/t19-/m1/s1. The number of nitrogens with zero attached hydrogens (tertiary/aromatic N) is 4. The SMILES string of the molecule is CNC(=O)c1cc(-c2cnnc(-c3cc(NC(=O)N4CC[C@@H](OC)C4)ccc3C)c2)ccn1. The highest BCUT2D eigenvalue weighted by Crippen LogP contribution is 2.28. The average molecular weight is 447 g/mol. The maximum absolute atomic E-state index is 12.7. The van der Waals surface area contributed by atoms with E-state index in [1.165, 1.54) is 0 Å². The molecule has 0 aliphatic carbocycles. The molecule has 0 spiro atoms. The first kappa shape index (κ1) is 22.3. The molecule has 9 heteroatoms. The van der Waals surface area contributed by atoms with Gasteiger partial charge in [0.05, 0.1) is 18.0 Å². The van der Waals surface area contributed by atoms with Crippen molar-refractivity contribution in [3.8, 4) is 22.4 Å². The number of nitrogens with one attached hydrogen (secondary N) is 2. The van der Waals surface area contributed by atoms with Crippen LogP contribution in [0.3, 0.4) is 0 Å². The Morgan fingerprint density at radius 1 is 1.15 bits per heavy atom. The van der Waals surface area contributed by atoms with Gasteiger partial charge in [0.15, 0.2) is 0 Å². The van der Waals surface area contributed by atoms with Gasteiger partial charge in [0.2, 0.25) is 0 Å². The Morgan fingerprint density at radius 2 is 2.00 bits per heavy atom. The number of pyridine rings is 1. The van der Waals surface area contributed by atoms with Gasteiger partial charge < -0.3 is 20.3 Å². The van der Waals surface area contributed by atoms with Crippen LogP contribution in [0.1, 0.15) is 22.5 Å². The second kappa shape index (κ2) is 9.74. The number of amides is 3. The lowest BCUT2D eigenvalue weighted by atomic mass is 10.0. The van der Waals surface area contributed by atoms with Crippen molar-refractivity contribution in [1.82, 2.24) is 25.4 Å². The fourth-order valence-electron chi connectivity index (χ4n) is 3.80. The number of hydrogen-bond donors (Lipinski definition) is 2. The first-order valence-electron chi connectivity index (χ1n) is 10.7. The van der Waals surface area contributed by atoms with Crippen LogP contribution in [-0.2, 0) is 4.74 Å². The smallest absolute Gasteiger partial charge is 0.321 e. The van der Waals surface area contributed by atoms with Gasteiger partial charge in [0.1, 0.15) is 5.69 Å². The molecule has 0 saturated carbocycles. The third-order valence-electron chi connectivity index (χ3n) is 5.74. The zero-order valence-electron chi connectivity index (χ0n) is 18.8. The molecule has 3 amide bonds. The fourth-order valence-corrected chi connectivity index (χ4v) is 3.80. The summed E-state index contributed by atoms with van der Waals surface area (Å²) >= 11 is 0. The molecule has 1 saturated heterocycles. The van der Waals surface area contributed by atoms with Gasteiger partial charge in [0, 0.05) is 50.3 Å². The molecule has 1 aromatic carbocycles. The molecule has 0 bridgehead atoms. The number of hydrogen-bond acceptors (Lipinski definition) is 6. The topological polar surface area (TPSA) is 109 Å². The van der Waals surface area contributed by atoms with Crippen molar-refractivity contribution in [2.45, 2.75) is 19.4 Å². The van der Waals surface area contributed by atoms with Crippen LogP contribution < -0.4 is 10.6 Å². The summed E-state index contributed by atoms with van der Waals surface area (Å²) in [5, 5.41) is 14.0. The zero-order chi connectivity index (χ0) is 23.4. The van der Waals surface area contributed by atoms with Crippen molar-refractivity contribution in [3.63, 3.8) is 0 Å². The van der Waals surface area contributed by atoms with E-state index in [4.69, 9.17) is 4.74 Å². The summed E-state index contributed by atoms with van der Waals surface area (Å²) in [5.41, 5.74) is 5.15. The number of anilines is 1. The minimum Gasteiger partial charge on any atom is -0.380 e. The van der Waals surface area contributed by atoms with E-state index in [2.05, 4.69) is 25.8 Å². The summed E-state index contributed by atoms with van der Waals surface area (Å²) in [5.74, 6) is -0.256. The Morgan fingerprint density at radius 3 is 2.76 bits per heavy atom. The first-order valence-corrected chi connectivity index (χ1v) is 10.7. The highest BCUT2D eigenvalue weighted by molar-refractivity contribution is 5.93. The van der Waals surface area contributed by atoms with Crippen LogP contribution in [0.2, 0.25) is 0 Å². The number of methoxy groups -OCH3 is 1. The van der Waals surface area contributed by atoms with Crippen molar-refractivity contribution in [3.05, 3.63) is 60.0 Å². The van der Waals surface area contributed by atoms with E-state index in [1.54, 1.807) is 37.5 Å². The van der Waals surface area contributed by atoms with E-state index in [-0.39, 0.29) is 18.0 Å². The fraction of sp³-hybridized carbons (Fsp3) is 0.292. The molecule has 1 atom stereocenters. The van der Waals surface area contributed by atoms with E-state index >= 15 is 0 Å². The van der Waals surface area contributed by atoms with Gasteiger partial charge in [-0.3, -0.25) is 9.78 Å². The summed E-state index contributed by atoms with van der Waals surface area (Å²) in [6.45, 7) is 3.23. The van der Waals surface area contributed by atoms with Crippen molar-refractivity contribution in [2.75, 3.05) is 32.6 Å². The molecule has 3 aromatic rings. The molecule has 1 aliphatic rings.